The number of anilines is 1. The zero-order valence-electron chi connectivity index (χ0n) is 11.5. The van der Waals surface area contributed by atoms with Crippen molar-refractivity contribution in [1.29, 1.82) is 0 Å². The second kappa shape index (κ2) is 6.52. The molecule has 1 saturated heterocycles. The van der Waals surface area contributed by atoms with Gasteiger partial charge in [-0.25, -0.2) is 4.98 Å². The number of ether oxygens (including phenoxy) is 1. The number of rotatable bonds is 5. The van der Waals surface area contributed by atoms with Gasteiger partial charge in [0, 0.05) is 37.4 Å². The highest BCUT2D eigenvalue weighted by atomic mass is 16.5. The van der Waals surface area contributed by atoms with Crippen LogP contribution < -0.4 is 10.6 Å². The monoisotopic (exact) mass is 263 g/mol. The minimum absolute atomic E-state index is 0.0412. The molecule has 1 aliphatic heterocycles. The summed E-state index contributed by atoms with van der Waals surface area (Å²) in [5, 5.41) is 5.95. The standard InChI is InChI=1S/C14H21N3O2/c1-3-12-6-11(7-13(15-2)17-12)14(18)16-8-10-4-5-19-9-10/h6-7,10H,3-5,8-9H2,1-2H3,(H,15,17)(H,16,18). The highest BCUT2D eigenvalue weighted by Gasteiger charge is 2.17. The van der Waals surface area contributed by atoms with Crippen LogP contribution >= 0.6 is 0 Å². The molecule has 0 aromatic carbocycles. The van der Waals surface area contributed by atoms with Gasteiger partial charge in [0.15, 0.2) is 0 Å². The van der Waals surface area contributed by atoms with E-state index in [0.29, 0.717) is 18.0 Å². The molecule has 0 saturated carbocycles. The van der Waals surface area contributed by atoms with Crippen LogP contribution in [0, 0.1) is 5.92 Å². The quantitative estimate of drug-likeness (QED) is 0.844. The third-order valence-electron chi connectivity index (χ3n) is 3.33. The van der Waals surface area contributed by atoms with Crippen molar-refractivity contribution in [3.05, 3.63) is 23.4 Å². The van der Waals surface area contributed by atoms with E-state index in [1.54, 1.807) is 13.1 Å². The van der Waals surface area contributed by atoms with Crippen molar-refractivity contribution in [2.45, 2.75) is 19.8 Å². The molecule has 1 atom stereocenters. The van der Waals surface area contributed by atoms with E-state index in [4.69, 9.17) is 4.74 Å². The van der Waals surface area contributed by atoms with Gasteiger partial charge in [-0.3, -0.25) is 4.79 Å². The highest BCUT2D eigenvalue weighted by Crippen LogP contribution is 2.13. The van der Waals surface area contributed by atoms with Crippen LogP contribution in [-0.2, 0) is 11.2 Å². The number of carbonyl (C=O) groups excluding carboxylic acids is 1. The third kappa shape index (κ3) is 3.67. The predicted octanol–water partition coefficient (Wildman–Crippen LogP) is 1.45. The molecule has 1 fully saturated rings. The first-order valence-electron chi connectivity index (χ1n) is 6.77. The van der Waals surface area contributed by atoms with Crippen molar-refractivity contribution >= 4 is 11.7 Å². The van der Waals surface area contributed by atoms with Crippen LogP contribution in [0.4, 0.5) is 5.82 Å². The molecular formula is C14H21N3O2. The lowest BCUT2D eigenvalue weighted by molar-refractivity contribution is 0.0945. The zero-order chi connectivity index (χ0) is 13.7. The van der Waals surface area contributed by atoms with Crippen LogP contribution in [0.3, 0.4) is 0 Å². The fraction of sp³-hybridized carbons (Fsp3) is 0.571. The SMILES string of the molecule is CCc1cc(C(=O)NCC2CCOC2)cc(NC)n1. The Morgan fingerprint density at radius 2 is 2.37 bits per heavy atom. The van der Waals surface area contributed by atoms with E-state index in [1.807, 2.05) is 13.0 Å². The average molecular weight is 263 g/mol. The Morgan fingerprint density at radius 3 is 3.00 bits per heavy atom. The van der Waals surface area contributed by atoms with Gasteiger partial charge < -0.3 is 15.4 Å². The first-order valence-corrected chi connectivity index (χ1v) is 6.77. The Bertz CT molecular complexity index is 420. The molecule has 19 heavy (non-hydrogen) atoms. The van der Waals surface area contributed by atoms with Crippen LogP contribution in [-0.4, -0.2) is 37.7 Å². The molecule has 2 heterocycles. The summed E-state index contributed by atoms with van der Waals surface area (Å²) >= 11 is 0. The number of aryl methyl sites for hydroxylation is 1. The van der Waals surface area contributed by atoms with Crippen molar-refractivity contribution in [3.8, 4) is 0 Å². The fourth-order valence-electron chi connectivity index (χ4n) is 2.11. The van der Waals surface area contributed by atoms with Crippen molar-refractivity contribution in [2.24, 2.45) is 5.92 Å². The topological polar surface area (TPSA) is 63.2 Å². The number of aromatic nitrogens is 1. The van der Waals surface area contributed by atoms with E-state index < -0.39 is 0 Å². The molecule has 1 aromatic heterocycles. The first-order chi connectivity index (χ1) is 9.22. The molecule has 1 amide bonds. The summed E-state index contributed by atoms with van der Waals surface area (Å²) < 4.78 is 5.30. The van der Waals surface area contributed by atoms with Gasteiger partial charge >= 0.3 is 0 Å². The van der Waals surface area contributed by atoms with E-state index in [9.17, 15) is 4.79 Å². The molecule has 0 bridgehead atoms. The number of nitrogens with zero attached hydrogens (tertiary/aromatic N) is 1. The van der Waals surface area contributed by atoms with Gasteiger partial charge in [0.2, 0.25) is 0 Å². The summed E-state index contributed by atoms with van der Waals surface area (Å²) in [6, 6.07) is 3.63. The van der Waals surface area contributed by atoms with Crippen molar-refractivity contribution in [3.63, 3.8) is 0 Å². The van der Waals surface area contributed by atoms with Gasteiger partial charge in [0.25, 0.3) is 5.91 Å². The molecule has 1 aromatic rings. The van der Waals surface area contributed by atoms with E-state index in [1.165, 1.54) is 0 Å². The van der Waals surface area contributed by atoms with Gasteiger partial charge in [-0.1, -0.05) is 6.92 Å². The lowest BCUT2D eigenvalue weighted by Crippen LogP contribution is -2.29. The molecule has 0 aliphatic carbocycles. The second-order valence-electron chi connectivity index (χ2n) is 4.78. The van der Waals surface area contributed by atoms with E-state index in [-0.39, 0.29) is 5.91 Å². The molecular weight excluding hydrogens is 242 g/mol. The highest BCUT2D eigenvalue weighted by molar-refractivity contribution is 5.95. The zero-order valence-corrected chi connectivity index (χ0v) is 11.5. The largest absolute Gasteiger partial charge is 0.381 e. The maximum absolute atomic E-state index is 12.1. The maximum atomic E-state index is 12.1. The molecule has 2 N–H and O–H groups in total. The summed E-state index contributed by atoms with van der Waals surface area (Å²) in [7, 11) is 1.80. The average Bonchev–Trinajstić information content (AvgIpc) is 2.97. The molecule has 2 rings (SSSR count). The maximum Gasteiger partial charge on any atom is 0.251 e. The second-order valence-corrected chi connectivity index (χ2v) is 4.78. The summed E-state index contributed by atoms with van der Waals surface area (Å²) in [5.74, 6) is 1.13. The number of amides is 1. The number of carbonyl (C=O) groups is 1. The smallest absolute Gasteiger partial charge is 0.251 e. The molecule has 5 heteroatoms. The molecule has 0 spiro atoms. The van der Waals surface area contributed by atoms with Crippen LogP contribution in [0.5, 0.6) is 0 Å². The number of nitrogens with one attached hydrogen (secondary N) is 2. The Kier molecular flexibility index (Phi) is 4.74. The molecule has 104 valence electrons. The van der Waals surface area contributed by atoms with Crippen LogP contribution in [0.2, 0.25) is 0 Å². The summed E-state index contributed by atoms with van der Waals surface area (Å²) in [5.41, 5.74) is 1.58. The number of hydrogen-bond donors (Lipinski definition) is 2. The van der Waals surface area contributed by atoms with Gasteiger partial charge in [-0.15, -0.1) is 0 Å². The van der Waals surface area contributed by atoms with Gasteiger partial charge in [-0.05, 0) is 25.0 Å². The summed E-state index contributed by atoms with van der Waals surface area (Å²) in [6.45, 7) is 4.26. The number of pyridine rings is 1. The summed E-state index contributed by atoms with van der Waals surface area (Å²) in [4.78, 5) is 16.5. The Balaban J connectivity index is 2.00. The minimum Gasteiger partial charge on any atom is -0.381 e. The van der Waals surface area contributed by atoms with Crippen LogP contribution in [0.25, 0.3) is 0 Å². The van der Waals surface area contributed by atoms with Gasteiger partial charge in [0.1, 0.15) is 5.82 Å². The Hall–Kier alpha value is -1.62. The molecule has 5 nitrogen and oxygen atoms in total. The third-order valence-corrected chi connectivity index (χ3v) is 3.33. The fourth-order valence-corrected chi connectivity index (χ4v) is 2.11. The lowest BCUT2D eigenvalue weighted by atomic mass is 10.1. The predicted molar refractivity (Wildman–Crippen MR) is 74.4 cm³/mol. The van der Waals surface area contributed by atoms with Crippen molar-refractivity contribution < 1.29 is 9.53 Å². The number of hydrogen-bond acceptors (Lipinski definition) is 4. The van der Waals surface area contributed by atoms with Crippen LogP contribution in [0.1, 0.15) is 29.4 Å². The van der Waals surface area contributed by atoms with Crippen molar-refractivity contribution in [1.82, 2.24) is 10.3 Å². The summed E-state index contributed by atoms with van der Waals surface area (Å²) in [6.07, 6.45) is 1.84. The van der Waals surface area contributed by atoms with Gasteiger partial charge in [-0.2, -0.15) is 0 Å². The lowest BCUT2D eigenvalue weighted by Gasteiger charge is -2.11. The Morgan fingerprint density at radius 1 is 1.53 bits per heavy atom. The molecule has 0 radical (unpaired) electrons. The molecule has 1 unspecified atom stereocenters. The van der Waals surface area contributed by atoms with Crippen LogP contribution in [0.15, 0.2) is 12.1 Å². The molecule has 1 aliphatic rings. The van der Waals surface area contributed by atoms with E-state index in [0.717, 1.165) is 37.6 Å². The van der Waals surface area contributed by atoms with Crippen molar-refractivity contribution in [2.75, 3.05) is 32.1 Å². The first kappa shape index (κ1) is 13.8. The van der Waals surface area contributed by atoms with Gasteiger partial charge in [0.05, 0.1) is 6.61 Å². The normalized spacial score (nSPS) is 18.3. The Labute approximate surface area is 113 Å². The van der Waals surface area contributed by atoms with E-state index >= 15 is 0 Å². The minimum atomic E-state index is -0.0412. The van der Waals surface area contributed by atoms with E-state index in [2.05, 4.69) is 15.6 Å².